The summed E-state index contributed by atoms with van der Waals surface area (Å²) >= 11 is 8.05. The normalized spacial score (nSPS) is 10.2. The van der Waals surface area contributed by atoms with Crippen LogP contribution in [0.3, 0.4) is 0 Å². The first-order chi connectivity index (χ1) is 9.13. The van der Waals surface area contributed by atoms with Gasteiger partial charge in [-0.25, -0.2) is 0 Å². The molecule has 0 spiro atoms. The van der Waals surface area contributed by atoms with Crippen molar-refractivity contribution in [2.75, 3.05) is 5.32 Å². The third kappa shape index (κ3) is 4.84. The Morgan fingerprint density at radius 3 is 2.32 bits per heavy atom. The van der Waals surface area contributed by atoms with E-state index in [0.717, 1.165) is 14.8 Å². The van der Waals surface area contributed by atoms with Gasteiger partial charge in [0.1, 0.15) is 0 Å². The second-order valence-electron chi connectivity index (χ2n) is 4.18. The van der Waals surface area contributed by atoms with E-state index in [-0.39, 0.29) is 5.91 Å². The third-order valence-electron chi connectivity index (χ3n) is 2.68. The van der Waals surface area contributed by atoms with E-state index in [1.165, 1.54) is 0 Å². The zero-order valence-corrected chi connectivity index (χ0v) is 13.1. The highest BCUT2D eigenvalue weighted by molar-refractivity contribution is 14.1. The zero-order valence-electron chi connectivity index (χ0n) is 10.2. The Kier molecular flexibility index (Phi) is 5.22. The predicted molar refractivity (Wildman–Crippen MR) is 87.6 cm³/mol. The van der Waals surface area contributed by atoms with Gasteiger partial charge in [-0.15, -0.1) is 0 Å². The molecule has 0 heterocycles. The van der Waals surface area contributed by atoms with Crippen LogP contribution in [0.15, 0.2) is 48.5 Å². The van der Waals surface area contributed by atoms with Crippen LogP contribution in [0.1, 0.15) is 12.0 Å². The second kappa shape index (κ2) is 6.91. The topological polar surface area (TPSA) is 29.1 Å². The molecule has 0 aromatic heterocycles. The fourth-order valence-electron chi connectivity index (χ4n) is 1.67. The molecule has 0 atom stereocenters. The summed E-state index contributed by atoms with van der Waals surface area (Å²) in [5, 5.41) is 3.60. The smallest absolute Gasteiger partial charge is 0.224 e. The highest BCUT2D eigenvalue weighted by Crippen LogP contribution is 2.13. The van der Waals surface area contributed by atoms with Gasteiger partial charge in [0.25, 0.3) is 0 Å². The van der Waals surface area contributed by atoms with Crippen molar-refractivity contribution in [3.8, 4) is 0 Å². The molecule has 4 heteroatoms. The average molecular weight is 386 g/mol. The van der Waals surface area contributed by atoms with Gasteiger partial charge >= 0.3 is 0 Å². The highest BCUT2D eigenvalue weighted by atomic mass is 127. The van der Waals surface area contributed by atoms with E-state index in [1.807, 2.05) is 48.5 Å². The molecule has 0 aliphatic heterocycles. The van der Waals surface area contributed by atoms with Crippen LogP contribution in [0.4, 0.5) is 5.69 Å². The van der Waals surface area contributed by atoms with E-state index < -0.39 is 0 Å². The van der Waals surface area contributed by atoms with Crippen molar-refractivity contribution in [3.63, 3.8) is 0 Å². The standard InChI is InChI=1S/C15H13ClINO/c16-12-4-1-11(2-5-12)3-10-15(19)18-14-8-6-13(17)7-9-14/h1-2,4-9H,3,10H2,(H,18,19). The molecule has 98 valence electrons. The number of amides is 1. The van der Waals surface area contributed by atoms with Gasteiger partial charge in [-0.2, -0.15) is 0 Å². The predicted octanol–water partition coefficient (Wildman–Crippen LogP) is 4.52. The van der Waals surface area contributed by atoms with Crippen molar-refractivity contribution >= 4 is 45.8 Å². The second-order valence-corrected chi connectivity index (χ2v) is 5.86. The number of benzene rings is 2. The third-order valence-corrected chi connectivity index (χ3v) is 3.65. The molecular formula is C15H13ClINO. The summed E-state index contributed by atoms with van der Waals surface area (Å²) in [7, 11) is 0. The lowest BCUT2D eigenvalue weighted by Crippen LogP contribution is -2.12. The number of rotatable bonds is 4. The molecule has 2 aromatic rings. The van der Waals surface area contributed by atoms with Gasteiger partial charge in [0, 0.05) is 20.7 Å². The van der Waals surface area contributed by atoms with Gasteiger partial charge in [0.05, 0.1) is 0 Å². The van der Waals surface area contributed by atoms with Crippen molar-refractivity contribution in [2.45, 2.75) is 12.8 Å². The number of hydrogen-bond donors (Lipinski definition) is 1. The van der Waals surface area contributed by atoms with Crippen LogP contribution < -0.4 is 5.32 Å². The Labute approximate surface area is 131 Å². The molecule has 0 saturated heterocycles. The summed E-state index contributed by atoms with van der Waals surface area (Å²) in [4.78, 5) is 11.8. The minimum Gasteiger partial charge on any atom is -0.326 e. The fraction of sp³-hybridized carbons (Fsp3) is 0.133. The number of halogens is 2. The summed E-state index contributed by atoms with van der Waals surface area (Å²) in [6, 6.07) is 15.3. The van der Waals surface area contributed by atoms with Crippen LogP contribution in [-0.2, 0) is 11.2 Å². The lowest BCUT2D eigenvalue weighted by Gasteiger charge is -2.05. The zero-order chi connectivity index (χ0) is 13.7. The number of carbonyl (C=O) groups excluding carboxylic acids is 1. The average Bonchev–Trinajstić information content (AvgIpc) is 2.41. The van der Waals surface area contributed by atoms with E-state index in [1.54, 1.807) is 0 Å². The molecule has 0 aliphatic rings. The molecule has 19 heavy (non-hydrogen) atoms. The van der Waals surface area contributed by atoms with Crippen LogP contribution in [0.25, 0.3) is 0 Å². The summed E-state index contributed by atoms with van der Waals surface area (Å²) in [6.45, 7) is 0. The van der Waals surface area contributed by atoms with Crippen molar-refractivity contribution in [3.05, 3.63) is 62.7 Å². The number of nitrogens with one attached hydrogen (secondary N) is 1. The maximum absolute atomic E-state index is 11.8. The minimum absolute atomic E-state index is 0.0242. The minimum atomic E-state index is 0.0242. The van der Waals surface area contributed by atoms with Gasteiger partial charge in [0.15, 0.2) is 0 Å². The summed E-state index contributed by atoms with van der Waals surface area (Å²) in [5.41, 5.74) is 1.95. The molecule has 2 rings (SSSR count). The Balaban J connectivity index is 1.84. The largest absolute Gasteiger partial charge is 0.326 e. The first-order valence-corrected chi connectivity index (χ1v) is 7.39. The van der Waals surface area contributed by atoms with Crippen LogP contribution in [0.2, 0.25) is 5.02 Å². The van der Waals surface area contributed by atoms with E-state index in [0.29, 0.717) is 17.9 Å². The van der Waals surface area contributed by atoms with E-state index in [9.17, 15) is 4.79 Å². The summed E-state index contributed by atoms with van der Waals surface area (Å²) < 4.78 is 1.15. The van der Waals surface area contributed by atoms with Gasteiger partial charge < -0.3 is 5.32 Å². The van der Waals surface area contributed by atoms with Crippen LogP contribution >= 0.6 is 34.2 Å². The van der Waals surface area contributed by atoms with Gasteiger partial charge in [-0.1, -0.05) is 23.7 Å². The van der Waals surface area contributed by atoms with Crippen LogP contribution in [-0.4, -0.2) is 5.91 Å². The van der Waals surface area contributed by atoms with Crippen LogP contribution in [0, 0.1) is 3.57 Å². The Morgan fingerprint density at radius 2 is 1.68 bits per heavy atom. The van der Waals surface area contributed by atoms with Gasteiger partial charge in [0.2, 0.25) is 5.91 Å². The molecule has 0 fully saturated rings. The van der Waals surface area contributed by atoms with Gasteiger partial charge in [-0.3, -0.25) is 4.79 Å². The van der Waals surface area contributed by atoms with E-state index in [4.69, 9.17) is 11.6 Å². The summed E-state index contributed by atoms with van der Waals surface area (Å²) in [6.07, 6.45) is 1.18. The highest BCUT2D eigenvalue weighted by Gasteiger charge is 2.03. The Hall–Kier alpha value is -1.07. The molecular weight excluding hydrogens is 373 g/mol. The molecule has 1 amide bonds. The number of anilines is 1. The summed E-state index contributed by atoms with van der Waals surface area (Å²) in [5.74, 6) is 0.0242. The molecule has 2 aromatic carbocycles. The van der Waals surface area contributed by atoms with Crippen molar-refractivity contribution < 1.29 is 4.79 Å². The molecule has 0 radical (unpaired) electrons. The SMILES string of the molecule is O=C(CCc1ccc(Cl)cc1)Nc1ccc(I)cc1. The number of hydrogen-bond acceptors (Lipinski definition) is 1. The molecule has 1 N–H and O–H groups in total. The Bertz CT molecular complexity index is 551. The fourth-order valence-corrected chi connectivity index (χ4v) is 2.15. The number of aryl methyl sites for hydroxylation is 1. The lowest BCUT2D eigenvalue weighted by atomic mass is 10.1. The van der Waals surface area contributed by atoms with Crippen molar-refractivity contribution in [1.82, 2.24) is 0 Å². The van der Waals surface area contributed by atoms with Crippen molar-refractivity contribution in [1.29, 1.82) is 0 Å². The Morgan fingerprint density at radius 1 is 1.05 bits per heavy atom. The number of carbonyl (C=O) groups is 1. The first-order valence-electron chi connectivity index (χ1n) is 5.93. The van der Waals surface area contributed by atoms with Gasteiger partial charge in [-0.05, 0) is 71.0 Å². The van der Waals surface area contributed by atoms with E-state index >= 15 is 0 Å². The monoisotopic (exact) mass is 385 g/mol. The molecule has 2 nitrogen and oxygen atoms in total. The molecule has 0 aliphatic carbocycles. The van der Waals surface area contributed by atoms with E-state index in [2.05, 4.69) is 27.9 Å². The molecule has 0 bridgehead atoms. The van der Waals surface area contributed by atoms with Crippen LogP contribution in [0.5, 0.6) is 0 Å². The lowest BCUT2D eigenvalue weighted by molar-refractivity contribution is -0.116. The van der Waals surface area contributed by atoms with Crippen molar-refractivity contribution in [2.24, 2.45) is 0 Å². The maximum Gasteiger partial charge on any atom is 0.224 e. The molecule has 0 unspecified atom stereocenters. The molecule has 0 saturated carbocycles. The first kappa shape index (κ1) is 14.3. The maximum atomic E-state index is 11.8. The quantitative estimate of drug-likeness (QED) is 0.771.